The number of anilines is 1. The number of aryl methyl sites for hydroxylation is 1. The molecule has 0 heterocycles. The maximum absolute atomic E-state index is 14.4. The van der Waals surface area contributed by atoms with E-state index in [0.29, 0.717) is 18.0 Å². The molecule has 0 aromatic heterocycles. The summed E-state index contributed by atoms with van der Waals surface area (Å²) in [7, 11) is -4.24. The number of carbonyl (C=O) groups is 2. The maximum atomic E-state index is 14.4. The van der Waals surface area contributed by atoms with Crippen molar-refractivity contribution in [2.75, 3.05) is 17.4 Å². The van der Waals surface area contributed by atoms with E-state index in [4.69, 9.17) is 23.2 Å². The molecule has 0 aliphatic rings. The molecule has 10 heteroatoms. The van der Waals surface area contributed by atoms with Crippen LogP contribution in [0.5, 0.6) is 0 Å². The molecule has 0 saturated heterocycles. The monoisotopic (exact) mass is 651 g/mol. The Morgan fingerprint density at radius 3 is 2.09 bits per heavy atom. The number of hydrogen-bond donors (Lipinski definition) is 1. The van der Waals surface area contributed by atoms with Crippen LogP contribution in [0.3, 0.4) is 0 Å². The van der Waals surface area contributed by atoms with E-state index in [-0.39, 0.29) is 34.5 Å². The Morgan fingerprint density at radius 1 is 0.818 bits per heavy atom. The molecule has 4 rings (SSSR count). The van der Waals surface area contributed by atoms with Crippen LogP contribution in [0.4, 0.5) is 5.69 Å². The van der Waals surface area contributed by atoms with Crippen molar-refractivity contribution in [2.24, 2.45) is 0 Å². The fraction of sp³-hybridized carbons (Fsp3) is 0.235. The first-order valence-corrected chi connectivity index (χ1v) is 16.5. The topological polar surface area (TPSA) is 86.8 Å². The van der Waals surface area contributed by atoms with Gasteiger partial charge in [0.05, 0.1) is 15.6 Å². The Morgan fingerprint density at radius 2 is 1.45 bits per heavy atom. The van der Waals surface area contributed by atoms with Crippen molar-refractivity contribution in [1.82, 2.24) is 10.2 Å². The Kier molecular flexibility index (Phi) is 11.4. The van der Waals surface area contributed by atoms with Gasteiger partial charge in [-0.15, -0.1) is 0 Å². The minimum Gasteiger partial charge on any atom is -0.354 e. The van der Waals surface area contributed by atoms with Gasteiger partial charge < -0.3 is 10.2 Å². The summed E-state index contributed by atoms with van der Waals surface area (Å²) < 4.78 is 29.2. The van der Waals surface area contributed by atoms with Gasteiger partial charge in [0.15, 0.2) is 0 Å². The molecule has 0 aliphatic carbocycles. The number of nitrogens with zero attached hydrogens (tertiary/aromatic N) is 2. The van der Waals surface area contributed by atoms with E-state index in [1.165, 1.54) is 17.0 Å². The van der Waals surface area contributed by atoms with Crippen LogP contribution in [0.2, 0.25) is 10.0 Å². The van der Waals surface area contributed by atoms with Gasteiger partial charge in [0.2, 0.25) is 11.8 Å². The second-order valence-electron chi connectivity index (χ2n) is 10.4. The fourth-order valence-electron chi connectivity index (χ4n) is 4.71. The molecule has 0 radical (unpaired) electrons. The molecule has 4 aromatic rings. The summed E-state index contributed by atoms with van der Waals surface area (Å²) in [6.07, 6.45) is 0.941. The van der Waals surface area contributed by atoms with Crippen molar-refractivity contribution < 1.29 is 18.0 Å². The highest BCUT2D eigenvalue weighted by molar-refractivity contribution is 7.92. The molecule has 1 N–H and O–H groups in total. The smallest absolute Gasteiger partial charge is 0.264 e. The second-order valence-corrected chi connectivity index (χ2v) is 13.1. The highest BCUT2D eigenvalue weighted by Crippen LogP contribution is 2.31. The molecule has 0 saturated carbocycles. The Bertz CT molecular complexity index is 1670. The summed E-state index contributed by atoms with van der Waals surface area (Å²) in [5.74, 6) is -0.896. The largest absolute Gasteiger partial charge is 0.354 e. The van der Waals surface area contributed by atoms with Crippen molar-refractivity contribution >= 4 is 50.7 Å². The van der Waals surface area contributed by atoms with Gasteiger partial charge in [0.1, 0.15) is 12.6 Å². The Balaban J connectivity index is 1.80. The average Bonchev–Trinajstić information content (AvgIpc) is 3.02. The van der Waals surface area contributed by atoms with Crippen molar-refractivity contribution in [3.05, 3.63) is 130 Å². The van der Waals surface area contributed by atoms with Gasteiger partial charge in [-0.3, -0.25) is 13.9 Å². The lowest BCUT2D eigenvalue weighted by Gasteiger charge is -2.34. The van der Waals surface area contributed by atoms with E-state index in [9.17, 15) is 18.0 Å². The van der Waals surface area contributed by atoms with Crippen LogP contribution in [0.25, 0.3) is 0 Å². The number of para-hydroxylation sites is 1. The molecule has 7 nitrogen and oxygen atoms in total. The lowest BCUT2D eigenvalue weighted by Crippen LogP contribution is -2.53. The van der Waals surface area contributed by atoms with Crippen LogP contribution in [0.1, 0.15) is 30.0 Å². The molecule has 4 aromatic carbocycles. The number of rotatable bonds is 13. The van der Waals surface area contributed by atoms with Crippen LogP contribution < -0.4 is 9.62 Å². The van der Waals surface area contributed by atoms with E-state index in [2.05, 4.69) is 5.32 Å². The minimum absolute atomic E-state index is 0.0154. The van der Waals surface area contributed by atoms with Crippen molar-refractivity contribution in [3.63, 3.8) is 0 Å². The van der Waals surface area contributed by atoms with E-state index in [1.807, 2.05) is 44.2 Å². The molecule has 44 heavy (non-hydrogen) atoms. The normalized spacial score (nSPS) is 11.9. The van der Waals surface area contributed by atoms with Crippen molar-refractivity contribution in [1.29, 1.82) is 0 Å². The summed E-state index contributed by atoms with van der Waals surface area (Å²) in [5, 5.41) is 3.63. The molecule has 1 unspecified atom stereocenters. The highest BCUT2D eigenvalue weighted by Gasteiger charge is 2.35. The summed E-state index contributed by atoms with van der Waals surface area (Å²) in [6.45, 7) is 3.70. The number of halogens is 2. The van der Waals surface area contributed by atoms with Crippen molar-refractivity contribution in [3.8, 4) is 0 Å². The number of carbonyl (C=O) groups excluding carboxylic acids is 2. The summed E-state index contributed by atoms with van der Waals surface area (Å²) in [4.78, 5) is 29.6. The molecule has 230 valence electrons. The van der Waals surface area contributed by atoms with Crippen LogP contribution in [0.15, 0.2) is 108 Å². The molecular weight excluding hydrogens is 617 g/mol. The van der Waals surface area contributed by atoms with Crippen LogP contribution in [0, 0.1) is 6.92 Å². The Hall–Kier alpha value is -3.85. The van der Waals surface area contributed by atoms with Gasteiger partial charge in [-0.05, 0) is 60.9 Å². The molecule has 0 aliphatic heterocycles. The average molecular weight is 653 g/mol. The van der Waals surface area contributed by atoms with Gasteiger partial charge in [-0.2, -0.15) is 0 Å². The number of nitrogens with one attached hydrogen (secondary N) is 1. The van der Waals surface area contributed by atoms with Gasteiger partial charge >= 0.3 is 0 Å². The predicted octanol–water partition coefficient (Wildman–Crippen LogP) is 6.66. The summed E-state index contributed by atoms with van der Waals surface area (Å²) in [6, 6.07) is 28.3. The van der Waals surface area contributed by atoms with Gasteiger partial charge in [0, 0.05) is 24.5 Å². The minimum atomic E-state index is -4.24. The van der Waals surface area contributed by atoms with Crippen LogP contribution in [-0.2, 0) is 32.6 Å². The second kappa shape index (κ2) is 15.2. The quantitative estimate of drug-likeness (QED) is 0.175. The molecule has 0 bridgehead atoms. The zero-order chi connectivity index (χ0) is 31.7. The molecule has 1 atom stereocenters. The molecule has 2 amide bonds. The van der Waals surface area contributed by atoms with E-state index >= 15 is 0 Å². The first-order chi connectivity index (χ1) is 21.1. The number of sulfonamides is 1. The number of benzene rings is 4. The standard InChI is InChI=1S/C34H35Cl2N3O4S/c1-3-21-37-34(41)32(22-26-9-5-4-6-10-26)38(23-27-15-17-28(35)18-16-27)33(40)24-39(31-12-8-7-11-30(31)36)44(42,43)29-19-13-25(2)14-20-29/h4-20,32H,3,21-24H2,1-2H3,(H,37,41). The Labute approximate surface area is 269 Å². The number of amides is 2. The van der Waals surface area contributed by atoms with E-state index in [1.54, 1.807) is 60.7 Å². The first-order valence-electron chi connectivity index (χ1n) is 14.3. The lowest BCUT2D eigenvalue weighted by atomic mass is 10.0. The molecule has 0 fully saturated rings. The predicted molar refractivity (Wildman–Crippen MR) is 176 cm³/mol. The van der Waals surface area contributed by atoms with Crippen LogP contribution >= 0.6 is 23.2 Å². The molecule has 0 spiro atoms. The highest BCUT2D eigenvalue weighted by atomic mass is 35.5. The van der Waals surface area contributed by atoms with Crippen molar-refractivity contribution in [2.45, 2.75) is 44.2 Å². The SMILES string of the molecule is CCCNC(=O)C(Cc1ccccc1)N(Cc1ccc(Cl)cc1)C(=O)CN(c1ccccc1Cl)S(=O)(=O)c1ccc(C)cc1. The lowest BCUT2D eigenvalue weighted by molar-refractivity contribution is -0.140. The van der Waals surface area contributed by atoms with Gasteiger partial charge in [-0.25, -0.2) is 8.42 Å². The summed E-state index contributed by atoms with van der Waals surface area (Å²) >= 11 is 12.6. The zero-order valence-electron chi connectivity index (χ0n) is 24.6. The summed E-state index contributed by atoms with van der Waals surface area (Å²) in [5.41, 5.74) is 2.63. The van der Waals surface area contributed by atoms with E-state index in [0.717, 1.165) is 21.0 Å². The first kappa shape index (κ1) is 33.1. The fourth-order valence-corrected chi connectivity index (χ4v) is 6.56. The van der Waals surface area contributed by atoms with Crippen LogP contribution in [-0.4, -0.2) is 44.3 Å². The third kappa shape index (κ3) is 8.40. The third-order valence-electron chi connectivity index (χ3n) is 7.10. The van der Waals surface area contributed by atoms with Gasteiger partial charge in [0.25, 0.3) is 10.0 Å². The number of hydrogen-bond acceptors (Lipinski definition) is 4. The third-order valence-corrected chi connectivity index (χ3v) is 9.44. The zero-order valence-corrected chi connectivity index (χ0v) is 26.9. The van der Waals surface area contributed by atoms with E-state index < -0.39 is 28.5 Å². The molecular formula is C34H35Cl2N3O4S. The van der Waals surface area contributed by atoms with Gasteiger partial charge in [-0.1, -0.05) is 102 Å². The maximum Gasteiger partial charge on any atom is 0.264 e.